The van der Waals surface area contributed by atoms with Crippen LogP contribution < -0.4 is 9.47 Å². The lowest BCUT2D eigenvalue weighted by atomic mass is 9.76. The van der Waals surface area contributed by atoms with Crippen molar-refractivity contribution in [1.29, 1.82) is 0 Å². The zero-order valence-electron chi connectivity index (χ0n) is 35.0. The molecule has 0 aromatic heterocycles. The Balaban J connectivity index is 1.04. The smallest absolute Gasteiger partial charge is 0.186 e. The van der Waals surface area contributed by atoms with E-state index in [1.807, 2.05) is 0 Å². The highest BCUT2D eigenvalue weighted by molar-refractivity contribution is 5.38. The van der Waals surface area contributed by atoms with Gasteiger partial charge < -0.3 is 79.5 Å². The van der Waals surface area contributed by atoms with E-state index in [4.69, 9.17) is 28.4 Å². The second kappa shape index (κ2) is 24.9. The van der Waals surface area contributed by atoms with E-state index in [9.17, 15) is 51.1 Å². The summed E-state index contributed by atoms with van der Waals surface area (Å²) in [5.41, 5.74) is -2.14. The predicted molar refractivity (Wildman–Crippen MR) is 218 cm³/mol. The van der Waals surface area contributed by atoms with Crippen LogP contribution in [-0.2, 0) is 30.1 Å². The van der Waals surface area contributed by atoms with Crippen molar-refractivity contribution in [3.8, 4) is 11.5 Å². The van der Waals surface area contributed by atoms with Gasteiger partial charge in [0.2, 0.25) is 0 Å². The molecular formula is C44H70O16. The fourth-order valence-corrected chi connectivity index (χ4v) is 7.33. The fourth-order valence-electron chi connectivity index (χ4n) is 7.33. The predicted octanol–water partition coefficient (Wildman–Crippen LogP) is 1.87. The van der Waals surface area contributed by atoms with Crippen LogP contribution in [0.5, 0.6) is 11.5 Å². The molecule has 10 N–H and O–H groups in total. The summed E-state index contributed by atoms with van der Waals surface area (Å²) in [5.74, 6) is 1.33. The van der Waals surface area contributed by atoms with Gasteiger partial charge in [0.25, 0.3) is 0 Å². The number of hydrogen-bond acceptors (Lipinski definition) is 16. The van der Waals surface area contributed by atoms with Crippen molar-refractivity contribution in [3.05, 3.63) is 59.7 Å². The van der Waals surface area contributed by atoms with Crippen molar-refractivity contribution in [2.45, 2.75) is 164 Å². The summed E-state index contributed by atoms with van der Waals surface area (Å²) < 4.78 is 33.6. The summed E-state index contributed by atoms with van der Waals surface area (Å²) in [5, 5.41) is 101. The molecule has 16 nitrogen and oxygen atoms in total. The maximum Gasteiger partial charge on any atom is 0.186 e. The van der Waals surface area contributed by atoms with Crippen molar-refractivity contribution in [3.63, 3.8) is 0 Å². The van der Waals surface area contributed by atoms with Gasteiger partial charge in [-0.05, 0) is 74.9 Å². The Morgan fingerprint density at radius 3 is 1.05 bits per heavy atom. The number of unbranched alkanes of at least 4 members (excludes halogenated alkanes) is 10. The first-order valence-electron chi connectivity index (χ1n) is 21.5. The summed E-state index contributed by atoms with van der Waals surface area (Å²) >= 11 is 0. The molecule has 2 aromatic carbocycles. The van der Waals surface area contributed by atoms with Crippen molar-refractivity contribution in [1.82, 2.24) is 0 Å². The van der Waals surface area contributed by atoms with Crippen LogP contribution in [0, 0.1) is 0 Å². The maximum atomic E-state index is 11.6. The van der Waals surface area contributed by atoms with E-state index >= 15 is 0 Å². The quantitative estimate of drug-likeness (QED) is 0.0576. The Labute approximate surface area is 353 Å². The molecule has 2 heterocycles. The van der Waals surface area contributed by atoms with Crippen LogP contribution in [0.3, 0.4) is 0 Å². The first kappa shape index (κ1) is 50.1. The van der Waals surface area contributed by atoms with Crippen molar-refractivity contribution >= 4 is 0 Å². The number of aliphatic hydroxyl groups is 10. The third kappa shape index (κ3) is 14.0. The second-order valence-corrected chi connectivity index (χ2v) is 16.3. The third-order valence-corrected chi connectivity index (χ3v) is 11.7. The highest BCUT2D eigenvalue weighted by atomic mass is 16.7. The van der Waals surface area contributed by atoms with Gasteiger partial charge in [0.05, 0.1) is 26.4 Å². The van der Waals surface area contributed by atoms with E-state index in [2.05, 4.69) is 0 Å². The molecule has 2 unspecified atom stereocenters. The molecule has 60 heavy (non-hydrogen) atoms. The number of ether oxygens (including phenoxy) is 6. The summed E-state index contributed by atoms with van der Waals surface area (Å²) in [6.45, 7) is 3.91. The molecular weight excluding hydrogens is 784 g/mol. The minimum atomic E-state index is -1.61. The molecule has 0 spiro atoms. The summed E-state index contributed by atoms with van der Waals surface area (Å²) in [6.07, 6.45) is -1.66. The van der Waals surface area contributed by atoms with Crippen LogP contribution in [0.4, 0.5) is 0 Å². The summed E-state index contributed by atoms with van der Waals surface area (Å²) in [6, 6.07) is 14.2. The fraction of sp³-hybridized carbons (Fsp3) is 0.727. The van der Waals surface area contributed by atoms with E-state index in [0.717, 1.165) is 77.0 Å². The molecule has 16 heteroatoms. The lowest BCUT2D eigenvalue weighted by Crippen LogP contribution is -2.59. The van der Waals surface area contributed by atoms with Gasteiger partial charge in [-0.3, -0.25) is 0 Å². The number of rotatable bonds is 27. The van der Waals surface area contributed by atoms with Gasteiger partial charge in [0.1, 0.15) is 71.5 Å². The number of hydrogen-bond donors (Lipinski definition) is 10. The Bertz CT molecular complexity index is 1350. The van der Waals surface area contributed by atoms with Gasteiger partial charge in [-0.25, -0.2) is 0 Å². The lowest BCUT2D eigenvalue weighted by molar-refractivity contribution is -0.301. The Morgan fingerprint density at radius 1 is 0.433 bits per heavy atom. The average Bonchev–Trinajstić information content (AvgIpc) is 3.25. The van der Waals surface area contributed by atoms with Crippen molar-refractivity contribution < 1.29 is 79.5 Å². The zero-order valence-corrected chi connectivity index (χ0v) is 35.0. The third-order valence-electron chi connectivity index (χ3n) is 11.7. The van der Waals surface area contributed by atoms with E-state index in [-0.39, 0.29) is 0 Å². The van der Waals surface area contributed by atoms with Crippen LogP contribution in [0.1, 0.15) is 102 Å². The van der Waals surface area contributed by atoms with Crippen molar-refractivity contribution in [2.24, 2.45) is 0 Å². The Kier molecular flexibility index (Phi) is 20.8. The van der Waals surface area contributed by atoms with Crippen molar-refractivity contribution in [2.75, 3.05) is 39.6 Å². The molecule has 342 valence electrons. The Hall–Kier alpha value is -2.52. The first-order chi connectivity index (χ1) is 28.7. The minimum absolute atomic E-state index is 0.319. The molecule has 2 fully saturated rings. The topological polar surface area (TPSA) is 258 Å². The standard InChI is InChI=1S/C44H70O16/c1-43(53,29-15-19-31(20-16-29)55-23-11-7-3-5-9-13-25-57-41-39(51)37(49)35(47)33(27-45)59-41)44(2,54)30-17-21-32(22-18-30)56-24-12-8-4-6-10-14-26-58-42-40(52)38(50)36(48)34(28-46)60-42/h15-22,33-42,45-54H,3-14,23-28H2,1-2H3/t33-,34-,35-,36-,37+,38+,39-,40-,41-,42-,43?,44?/m1/s1. The van der Waals surface area contributed by atoms with E-state index in [1.165, 1.54) is 0 Å². The molecule has 0 saturated carbocycles. The number of benzene rings is 2. The SMILES string of the molecule is CC(O)(c1ccc(OCCCCCCCCO[C@@H]2O[C@H](CO)[C@@H](O)[C@H](O)[C@H]2O)cc1)C(C)(O)c1ccc(OCCCCCCCCO[C@@H]2O[C@H](CO)[C@@H](O)[C@H](O)[C@H]2O)cc1. The molecule has 2 aromatic rings. The molecule has 2 aliphatic heterocycles. The van der Waals surface area contributed by atoms with Crippen LogP contribution in [0.25, 0.3) is 0 Å². The normalized spacial score (nSPS) is 29.1. The highest BCUT2D eigenvalue weighted by Gasteiger charge is 2.46. The number of aliphatic hydroxyl groups excluding tert-OH is 8. The van der Waals surface area contributed by atoms with Crippen LogP contribution in [0.15, 0.2) is 48.5 Å². The van der Waals surface area contributed by atoms with Gasteiger partial charge in [0, 0.05) is 13.2 Å². The summed E-state index contributed by atoms with van der Waals surface area (Å²) in [7, 11) is 0. The van der Waals surface area contributed by atoms with Crippen LogP contribution in [0.2, 0.25) is 0 Å². The lowest BCUT2D eigenvalue weighted by Gasteiger charge is -2.39. The monoisotopic (exact) mass is 854 g/mol. The first-order valence-corrected chi connectivity index (χ1v) is 21.5. The van der Waals surface area contributed by atoms with Gasteiger partial charge in [-0.2, -0.15) is 0 Å². The minimum Gasteiger partial charge on any atom is -0.494 e. The second-order valence-electron chi connectivity index (χ2n) is 16.3. The van der Waals surface area contributed by atoms with Gasteiger partial charge in [-0.1, -0.05) is 75.6 Å². The molecule has 0 amide bonds. The largest absolute Gasteiger partial charge is 0.494 e. The maximum absolute atomic E-state index is 11.6. The summed E-state index contributed by atoms with van der Waals surface area (Å²) in [4.78, 5) is 0. The van der Waals surface area contributed by atoms with Crippen LogP contribution >= 0.6 is 0 Å². The molecule has 12 atom stereocenters. The molecule has 4 rings (SSSR count). The van der Waals surface area contributed by atoms with Gasteiger partial charge in [0.15, 0.2) is 12.6 Å². The van der Waals surface area contributed by atoms with Gasteiger partial charge >= 0.3 is 0 Å². The molecule has 2 aliphatic rings. The van der Waals surface area contributed by atoms with E-state index in [1.54, 1.807) is 62.4 Å². The van der Waals surface area contributed by atoms with Crippen LogP contribution in [-0.4, -0.2) is 152 Å². The Morgan fingerprint density at radius 2 is 0.733 bits per heavy atom. The molecule has 0 radical (unpaired) electrons. The molecule has 2 saturated heterocycles. The highest BCUT2D eigenvalue weighted by Crippen LogP contribution is 2.41. The van der Waals surface area contributed by atoms with Gasteiger partial charge in [-0.15, -0.1) is 0 Å². The molecule has 0 bridgehead atoms. The molecule has 0 aliphatic carbocycles. The van der Waals surface area contributed by atoms with E-state index in [0.29, 0.717) is 49.1 Å². The van der Waals surface area contributed by atoms with E-state index < -0.39 is 85.8 Å². The zero-order chi connectivity index (χ0) is 43.7. The average molecular weight is 855 g/mol.